The van der Waals surface area contributed by atoms with E-state index in [2.05, 4.69) is 31.9 Å². The van der Waals surface area contributed by atoms with Crippen LogP contribution in [0.2, 0.25) is 0 Å². The predicted octanol–water partition coefficient (Wildman–Crippen LogP) is 5.04. The van der Waals surface area contributed by atoms with Crippen LogP contribution in [0.4, 0.5) is 0 Å². The van der Waals surface area contributed by atoms with Crippen LogP contribution in [0.15, 0.2) is 61.0 Å². The molecule has 0 atom stereocenters. The molecule has 4 rings (SSSR count). The molecule has 0 saturated carbocycles. The van der Waals surface area contributed by atoms with Crippen LogP contribution in [-0.2, 0) is 17.8 Å². The van der Waals surface area contributed by atoms with Gasteiger partial charge in [0.15, 0.2) is 0 Å². The fraction of sp³-hybridized carbons (Fsp3) is 0.533. The topological polar surface area (TPSA) is 60.0 Å². The molecule has 0 amide bonds. The third kappa shape index (κ3) is 10.6. The summed E-state index contributed by atoms with van der Waals surface area (Å²) in [4.78, 5) is 13.7. The highest BCUT2D eigenvalue weighted by atomic mass is 16.5. The quantitative estimate of drug-likeness (QED) is 0.263. The number of likely N-dealkylation sites (tertiary alicyclic amines) is 2. The van der Waals surface area contributed by atoms with E-state index in [9.17, 15) is 0 Å². The standard InChI is InChI=1S/C30H42N4O3/c1-3-15-33(16-4-1)25-27-11-13-31-29(23-27)36-21-9-7-19-35-20-8-10-22-37-30-24-28(12-14-32-30)26-34-17-5-2-6-18-34/h7-14,23-24H,1-6,15-22,25-26H2/b9-7-,10-8-. The normalized spacial score (nSPS) is 17.5. The van der Waals surface area contributed by atoms with Crippen LogP contribution in [0.5, 0.6) is 11.8 Å². The van der Waals surface area contributed by atoms with Gasteiger partial charge in [0.25, 0.3) is 0 Å². The van der Waals surface area contributed by atoms with E-state index in [0.29, 0.717) is 38.2 Å². The zero-order chi connectivity index (χ0) is 25.4. The Morgan fingerprint density at radius 1 is 0.595 bits per heavy atom. The number of piperidine rings is 2. The summed E-state index contributed by atoms with van der Waals surface area (Å²) < 4.78 is 17.2. The number of hydrogen-bond acceptors (Lipinski definition) is 7. The van der Waals surface area contributed by atoms with E-state index in [-0.39, 0.29) is 0 Å². The maximum Gasteiger partial charge on any atom is 0.213 e. The van der Waals surface area contributed by atoms with Crippen LogP contribution < -0.4 is 9.47 Å². The summed E-state index contributed by atoms with van der Waals surface area (Å²) >= 11 is 0. The summed E-state index contributed by atoms with van der Waals surface area (Å²) in [6, 6.07) is 8.25. The predicted molar refractivity (Wildman–Crippen MR) is 147 cm³/mol. The van der Waals surface area contributed by atoms with Crippen molar-refractivity contribution < 1.29 is 14.2 Å². The second kappa shape index (κ2) is 16.2. The fourth-order valence-corrected chi connectivity index (χ4v) is 4.75. The van der Waals surface area contributed by atoms with Crippen molar-refractivity contribution in [2.24, 2.45) is 0 Å². The summed E-state index contributed by atoms with van der Waals surface area (Å²) in [5.41, 5.74) is 2.52. The van der Waals surface area contributed by atoms with Crippen LogP contribution in [0.1, 0.15) is 49.7 Å². The molecule has 2 saturated heterocycles. The molecule has 200 valence electrons. The van der Waals surface area contributed by atoms with E-state index in [4.69, 9.17) is 14.2 Å². The molecule has 2 aromatic rings. The van der Waals surface area contributed by atoms with Gasteiger partial charge in [-0.2, -0.15) is 0 Å². The van der Waals surface area contributed by atoms with Crippen molar-refractivity contribution in [1.82, 2.24) is 19.8 Å². The largest absolute Gasteiger partial charge is 0.473 e. The third-order valence-corrected chi connectivity index (χ3v) is 6.72. The van der Waals surface area contributed by atoms with Crippen molar-refractivity contribution in [1.29, 1.82) is 0 Å². The molecule has 0 bridgehead atoms. The summed E-state index contributed by atoms with van der Waals surface area (Å²) in [6.45, 7) is 8.75. The Hall–Kier alpha value is -2.74. The van der Waals surface area contributed by atoms with E-state index in [1.165, 1.54) is 75.8 Å². The average Bonchev–Trinajstić information content (AvgIpc) is 2.93. The molecule has 2 aromatic heterocycles. The Morgan fingerprint density at radius 3 is 1.49 bits per heavy atom. The fourth-order valence-electron chi connectivity index (χ4n) is 4.75. The molecule has 2 aliphatic heterocycles. The molecule has 0 unspecified atom stereocenters. The molecule has 4 heterocycles. The lowest BCUT2D eigenvalue weighted by molar-refractivity contribution is 0.192. The first-order valence-electron chi connectivity index (χ1n) is 13.8. The maximum atomic E-state index is 5.78. The highest BCUT2D eigenvalue weighted by Gasteiger charge is 2.12. The number of aromatic nitrogens is 2. The molecule has 2 aliphatic rings. The van der Waals surface area contributed by atoms with E-state index in [1.54, 1.807) is 0 Å². The van der Waals surface area contributed by atoms with Crippen LogP contribution in [0.3, 0.4) is 0 Å². The molecule has 0 aromatic carbocycles. The summed E-state index contributed by atoms with van der Waals surface area (Å²) in [5, 5.41) is 0. The first-order valence-corrected chi connectivity index (χ1v) is 13.8. The number of rotatable bonds is 14. The molecular formula is C30H42N4O3. The van der Waals surface area contributed by atoms with E-state index in [0.717, 1.165) is 13.1 Å². The Kier molecular flexibility index (Phi) is 11.9. The summed E-state index contributed by atoms with van der Waals surface area (Å²) in [5.74, 6) is 1.35. The lowest BCUT2D eigenvalue weighted by Gasteiger charge is -2.26. The van der Waals surface area contributed by atoms with Gasteiger partial charge < -0.3 is 14.2 Å². The minimum atomic E-state index is 0.483. The number of hydrogen-bond donors (Lipinski definition) is 0. The summed E-state index contributed by atoms with van der Waals surface area (Å²) in [7, 11) is 0. The van der Waals surface area contributed by atoms with Gasteiger partial charge in [0.1, 0.15) is 13.2 Å². The van der Waals surface area contributed by atoms with Gasteiger partial charge in [-0.15, -0.1) is 0 Å². The van der Waals surface area contributed by atoms with Crippen molar-refractivity contribution in [3.63, 3.8) is 0 Å². The van der Waals surface area contributed by atoms with Crippen LogP contribution in [-0.4, -0.2) is 72.4 Å². The SMILES string of the molecule is C(=C/COc1cc(CN2CCCCC2)ccn1)/COC/C=C\COc1cc(CN2CCCCC2)ccn1. The Bertz CT molecular complexity index is 891. The van der Waals surface area contributed by atoms with Gasteiger partial charge in [-0.1, -0.05) is 25.0 Å². The number of nitrogens with zero attached hydrogens (tertiary/aromatic N) is 4. The van der Waals surface area contributed by atoms with Gasteiger partial charge in [0.2, 0.25) is 11.8 Å². The lowest BCUT2D eigenvalue weighted by Crippen LogP contribution is -2.29. The zero-order valence-electron chi connectivity index (χ0n) is 22.1. The second-order valence-corrected chi connectivity index (χ2v) is 9.78. The highest BCUT2D eigenvalue weighted by molar-refractivity contribution is 5.21. The van der Waals surface area contributed by atoms with E-state index < -0.39 is 0 Å². The zero-order valence-corrected chi connectivity index (χ0v) is 22.1. The van der Waals surface area contributed by atoms with Gasteiger partial charge in [-0.3, -0.25) is 9.80 Å². The van der Waals surface area contributed by atoms with Crippen LogP contribution in [0.25, 0.3) is 0 Å². The van der Waals surface area contributed by atoms with Crippen molar-refractivity contribution in [2.75, 3.05) is 52.6 Å². The third-order valence-electron chi connectivity index (χ3n) is 6.72. The second-order valence-electron chi connectivity index (χ2n) is 9.78. The average molecular weight is 507 g/mol. The first kappa shape index (κ1) is 27.3. The first-order chi connectivity index (χ1) is 18.3. The van der Waals surface area contributed by atoms with Crippen molar-refractivity contribution in [3.8, 4) is 11.8 Å². The van der Waals surface area contributed by atoms with Crippen LogP contribution >= 0.6 is 0 Å². The van der Waals surface area contributed by atoms with Gasteiger partial charge in [-0.05, 0) is 87.3 Å². The lowest BCUT2D eigenvalue weighted by atomic mass is 10.1. The number of ether oxygens (including phenoxy) is 3. The minimum Gasteiger partial charge on any atom is -0.473 e. The molecule has 0 radical (unpaired) electrons. The smallest absolute Gasteiger partial charge is 0.213 e. The molecule has 7 nitrogen and oxygen atoms in total. The minimum absolute atomic E-state index is 0.483. The Balaban J connectivity index is 1.04. The monoisotopic (exact) mass is 506 g/mol. The maximum absolute atomic E-state index is 5.78. The molecule has 2 fully saturated rings. The van der Waals surface area contributed by atoms with Crippen molar-refractivity contribution in [3.05, 3.63) is 72.1 Å². The Morgan fingerprint density at radius 2 is 1.03 bits per heavy atom. The molecule has 0 spiro atoms. The molecular weight excluding hydrogens is 464 g/mol. The van der Waals surface area contributed by atoms with Crippen LogP contribution in [0, 0.1) is 0 Å². The van der Waals surface area contributed by atoms with Gasteiger partial charge >= 0.3 is 0 Å². The van der Waals surface area contributed by atoms with Crippen molar-refractivity contribution >= 4 is 0 Å². The Labute approximate surface area is 222 Å². The number of pyridine rings is 2. The molecule has 37 heavy (non-hydrogen) atoms. The van der Waals surface area contributed by atoms with Gasteiger partial charge in [0.05, 0.1) is 13.2 Å². The summed E-state index contributed by atoms with van der Waals surface area (Å²) in [6.07, 6.45) is 19.5. The van der Waals surface area contributed by atoms with Crippen molar-refractivity contribution in [2.45, 2.75) is 51.6 Å². The van der Waals surface area contributed by atoms with Gasteiger partial charge in [-0.25, -0.2) is 9.97 Å². The molecule has 7 heteroatoms. The highest BCUT2D eigenvalue weighted by Crippen LogP contribution is 2.17. The van der Waals surface area contributed by atoms with E-state index in [1.807, 2.05) is 48.8 Å². The van der Waals surface area contributed by atoms with E-state index >= 15 is 0 Å². The van der Waals surface area contributed by atoms with Gasteiger partial charge in [0, 0.05) is 37.6 Å². The molecule has 0 N–H and O–H groups in total. The molecule has 0 aliphatic carbocycles.